The number of benzene rings is 1. The maximum Gasteiger partial charge on any atom is 0.531 e. The summed E-state index contributed by atoms with van der Waals surface area (Å²) in [5, 5.41) is 9.70. The van der Waals surface area contributed by atoms with Crippen LogP contribution in [0.25, 0.3) is 0 Å². The number of rotatable bonds is 10. The van der Waals surface area contributed by atoms with Crippen LogP contribution < -0.4 is 4.52 Å². The number of aliphatic hydroxyl groups excluding tert-OH is 1. The van der Waals surface area contributed by atoms with Crippen molar-refractivity contribution in [3.63, 3.8) is 0 Å². The number of phosphoric acid groups is 1. The SMILES string of the molecule is CCC(CCO)c1c(CC(=O)OC(C)(C)C)cc(C)cc1OP(=O)(OC(C)(C)C)OC(C)(C)C. The molecule has 7 nitrogen and oxygen atoms in total. The molecule has 196 valence electrons. The Kier molecular flexibility index (Phi) is 10.4. The molecular formula is C26H45O7P. The Hall–Kier alpha value is -1.40. The summed E-state index contributed by atoms with van der Waals surface area (Å²) in [5.74, 6) is -0.171. The third-order valence-electron chi connectivity index (χ3n) is 4.49. The van der Waals surface area contributed by atoms with Crippen molar-refractivity contribution in [2.45, 2.75) is 118 Å². The average molecular weight is 501 g/mol. The normalized spacial score (nSPS) is 14.1. The van der Waals surface area contributed by atoms with Gasteiger partial charge in [-0.05, 0) is 105 Å². The van der Waals surface area contributed by atoms with Gasteiger partial charge >= 0.3 is 13.8 Å². The molecule has 34 heavy (non-hydrogen) atoms. The first-order chi connectivity index (χ1) is 15.3. The van der Waals surface area contributed by atoms with E-state index in [0.29, 0.717) is 29.7 Å². The number of esters is 1. The largest absolute Gasteiger partial charge is 0.531 e. The van der Waals surface area contributed by atoms with Crippen LogP contribution in [-0.2, 0) is 29.6 Å². The summed E-state index contributed by atoms with van der Waals surface area (Å²) < 4.78 is 37.2. The minimum Gasteiger partial charge on any atom is -0.460 e. The van der Waals surface area contributed by atoms with Gasteiger partial charge in [0.05, 0.1) is 17.6 Å². The highest BCUT2D eigenvalue weighted by molar-refractivity contribution is 7.49. The number of hydrogen-bond donors (Lipinski definition) is 1. The summed E-state index contributed by atoms with van der Waals surface area (Å²) in [6, 6.07) is 3.69. The van der Waals surface area contributed by atoms with Crippen molar-refractivity contribution < 1.29 is 32.8 Å². The predicted octanol–water partition coefficient (Wildman–Crippen LogP) is 6.87. The van der Waals surface area contributed by atoms with Gasteiger partial charge in [-0.3, -0.25) is 13.8 Å². The Morgan fingerprint density at radius 2 is 1.50 bits per heavy atom. The Labute approximate surface area is 206 Å². The van der Waals surface area contributed by atoms with E-state index in [0.717, 1.165) is 5.56 Å². The molecule has 0 amide bonds. The molecule has 0 aliphatic heterocycles. The maximum absolute atomic E-state index is 13.9. The van der Waals surface area contributed by atoms with Crippen molar-refractivity contribution in [1.82, 2.24) is 0 Å². The van der Waals surface area contributed by atoms with E-state index in [1.165, 1.54) is 0 Å². The molecule has 0 heterocycles. The third-order valence-corrected chi connectivity index (χ3v) is 6.45. The monoisotopic (exact) mass is 500 g/mol. The van der Waals surface area contributed by atoms with Gasteiger partial charge in [0, 0.05) is 12.2 Å². The van der Waals surface area contributed by atoms with Gasteiger partial charge in [-0.1, -0.05) is 13.0 Å². The second kappa shape index (κ2) is 11.6. The number of hydrogen-bond acceptors (Lipinski definition) is 7. The maximum atomic E-state index is 13.9. The molecule has 1 atom stereocenters. The van der Waals surface area contributed by atoms with Crippen LogP contribution >= 0.6 is 7.82 Å². The molecule has 1 aromatic rings. The topological polar surface area (TPSA) is 91.3 Å². The fourth-order valence-corrected chi connectivity index (χ4v) is 5.46. The number of aryl methyl sites for hydroxylation is 1. The Morgan fingerprint density at radius 3 is 1.91 bits per heavy atom. The molecule has 1 unspecified atom stereocenters. The molecule has 0 bridgehead atoms. The predicted molar refractivity (Wildman–Crippen MR) is 135 cm³/mol. The summed E-state index contributed by atoms with van der Waals surface area (Å²) in [5.41, 5.74) is 0.0469. The van der Waals surface area contributed by atoms with Gasteiger partial charge in [0.2, 0.25) is 0 Å². The molecule has 0 spiro atoms. The van der Waals surface area contributed by atoms with Crippen LogP contribution in [0.2, 0.25) is 0 Å². The van der Waals surface area contributed by atoms with Gasteiger partial charge in [0.1, 0.15) is 11.4 Å². The third kappa shape index (κ3) is 10.9. The van der Waals surface area contributed by atoms with E-state index in [2.05, 4.69) is 0 Å². The van der Waals surface area contributed by atoms with Crippen molar-refractivity contribution in [3.8, 4) is 5.75 Å². The highest BCUT2D eigenvalue weighted by atomic mass is 31.2. The molecule has 1 aromatic carbocycles. The highest BCUT2D eigenvalue weighted by Crippen LogP contribution is 2.56. The van der Waals surface area contributed by atoms with Crippen LogP contribution in [0.3, 0.4) is 0 Å². The van der Waals surface area contributed by atoms with Crippen LogP contribution in [-0.4, -0.2) is 34.5 Å². The molecule has 1 rings (SSSR count). The first kappa shape index (κ1) is 30.6. The molecule has 1 N–H and O–H groups in total. The summed E-state index contributed by atoms with van der Waals surface area (Å²) in [6.07, 6.45) is 1.17. The van der Waals surface area contributed by atoms with Crippen LogP contribution in [0, 0.1) is 6.92 Å². The van der Waals surface area contributed by atoms with E-state index >= 15 is 0 Å². The highest BCUT2D eigenvalue weighted by Gasteiger charge is 2.40. The van der Waals surface area contributed by atoms with Gasteiger partial charge in [0.15, 0.2) is 0 Å². The van der Waals surface area contributed by atoms with Gasteiger partial charge in [-0.25, -0.2) is 4.57 Å². The minimum absolute atomic E-state index is 0.0249. The zero-order chi connectivity index (χ0) is 26.5. The van der Waals surface area contributed by atoms with E-state index < -0.39 is 24.6 Å². The molecular weight excluding hydrogens is 455 g/mol. The standard InChI is InChI=1S/C26H45O7P/c1-12-19(13-14-27)23-20(17-22(28)30-24(3,4)5)15-18(2)16-21(23)31-34(29,32-25(6,7)8)33-26(9,10)11/h15-16,19,27H,12-14,17H2,1-11H3. The van der Waals surface area contributed by atoms with Crippen molar-refractivity contribution in [1.29, 1.82) is 0 Å². The minimum atomic E-state index is -4.07. The molecule has 0 aromatic heterocycles. The molecule has 0 saturated heterocycles. The number of carbonyl (C=O) groups excluding carboxylic acids is 1. The number of phosphoric ester groups is 1. The van der Waals surface area contributed by atoms with Crippen LogP contribution in [0.5, 0.6) is 5.75 Å². The van der Waals surface area contributed by atoms with Crippen LogP contribution in [0.4, 0.5) is 0 Å². The quantitative estimate of drug-likeness (QED) is 0.277. The lowest BCUT2D eigenvalue weighted by atomic mass is 9.87. The Morgan fingerprint density at radius 1 is 0.971 bits per heavy atom. The zero-order valence-electron chi connectivity index (χ0n) is 22.9. The van der Waals surface area contributed by atoms with Gasteiger partial charge in [0.25, 0.3) is 0 Å². The molecule has 0 aliphatic rings. The van der Waals surface area contributed by atoms with Crippen molar-refractivity contribution in [2.24, 2.45) is 0 Å². The summed E-state index contributed by atoms with van der Waals surface area (Å²) in [7, 11) is -4.07. The van der Waals surface area contributed by atoms with Gasteiger partial charge < -0.3 is 14.4 Å². The fraction of sp³-hybridized carbons (Fsp3) is 0.731. The van der Waals surface area contributed by atoms with Crippen LogP contribution in [0.1, 0.15) is 105 Å². The second-order valence-corrected chi connectivity index (χ2v) is 13.1. The van der Waals surface area contributed by atoms with E-state index in [9.17, 15) is 14.5 Å². The van der Waals surface area contributed by atoms with Crippen molar-refractivity contribution in [2.75, 3.05) is 6.61 Å². The van der Waals surface area contributed by atoms with E-state index in [-0.39, 0.29) is 24.9 Å². The van der Waals surface area contributed by atoms with E-state index in [1.807, 2.05) is 40.7 Å². The smallest absolute Gasteiger partial charge is 0.460 e. The fourth-order valence-electron chi connectivity index (χ4n) is 3.61. The Bertz CT molecular complexity index is 853. The molecule has 8 heteroatoms. The van der Waals surface area contributed by atoms with Crippen molar-refractivity contribution in [3.05, 3.63) is 28.8 Å². The lowest BCUT2D eigenvalue weighted by Crippen LogP contribution is -2.26. The Balaban J connectivity index is 3.65. The van der Waals surface area contributed by atoms with E-state index in [4.69, 9.17) is 18.3 Å². The number of carbonyl (C=O) groups is 1. The number of ether oxygens (including phenoxy) is 1. The zero-order valence-corrected chi connectivity index (χ0v) is 23.8. The molecule has 0 saturated carbocycles. The van der Waals surface area contributed by atoms with Gasteiger partial charge in [-0.2, -0.15) is 0 Å². The summed E-state index contributed by atoms with van der Waals surface area (Å²) in [4.78, 5) is 12.7. The van der Waals surface area contributed by atoms with Crippen LogP contribution in [0.15, 0.2) is 12.1 Å². The van der Waals surface area contributed by atoms with Crippen molar-refractivity contribution >= 4 is 13.8 Å². The first-order valence-electron chi connectivity index (χ1n) is 11.9. The number of aliphatic hydroxyl groups is 1. The molecule has 0 fully saturated rings. The lowest BCUT2D eigenvalue weighted by Gasteiger charge is -2.32. The second-order valence-electron chi connectivity index (χ2n) is 11.7. The average Bonchev–Trinajstić information content (AvgIpc) is 2.54. The molecule has 0 aliphatic carbocycles. The summed E-state index contributed by atoms with van der Waals surface area (Å²) in [6.45, 7) is 20.0. The first-order valence-corrected chi connectivity index (χ1v) is 13.4. The van der Waals surface area contributed by atoms with Gasteiger partial charge in [-0.15, -0.1) is 0 Å². The summed E-state index contributed by atoms with van der Waals surface area (Å²) >= 11 is 0. The molecule has 0 radical (unpaired) electrons. The van der Waals surface area contributed by atoms with E-state index in [1.54, 1.807) is 47.6 Å². The lowest BCUT2D eigenvalue weighted by molar-refractivity contribution is -0.153.